The Kier molecular flexibility index (Phi) is 5.33. The summed E-state index contributed by atoms with van der Waals surface area (Å²) in [5.41, 5.74) is 0.669. The van der Waals surface area contributed by atoms with Crippen LogP contribution in [0.4, 0.5) is 9.18 Å². The van der Waals surface area contributed by atoms with Crippen molar-refractivity contribution in [3.63, 3.8) is 0 Å². The van der Waals surface area contributed by atoms with Crippen molar-refractivity contribution in [3.05, 3.63) is 63.4 Å². The lowest BCUT2D eigenvalue weighted by Gasteiger charge is -2.33. The van der Waals surface area contributed by atoms with E-state index < -0.39 is 29.8 Å². The number of halogens is 2. The molecule has 2 aromatic rings. The summed E-state index contributed by atoms with van der Waals surface area (Å²) < 4.78 is 26.3. The van der Waals surface area contributed by atoms with Crippen LogP contribution in [0.1, 0.15) is 29.5 Å². The lowest BCUT2D eigenvalue weighted by molar-refractivity contribution is -0.143. The maximum absolute atomic E-state index is 13.9. The van der Waals surface area contributed by atoms with Crippen molar-refractivity contribution in [2.24, 2.45) is 5.92 Å². The molecule has 8 nitrogen and oxygen atoms in total. The predicted molar refractivity (Wildman–Crippen MR) is 125 cm³/mol. The summed E-state index contributed by atoms with van der Waals surface area (Å²) in [6.07, 6.45) is 1.94. The Labute approximate surface area is 209 Å². The molecule has 1 aliphatic carbocycles. The second-order valence-electron chi connectivity index (χ2n) is 9.51. The zero-order valence-corrected chi connectivity index (χ0v) is 20.3. The minimum absolute atomic E-state index is 0.00813. The summed E-state index contributed by atoms with van der Waals surface area (Å²) in [7, 11) is 0. The molecule has 0 aromatic heterocycles. The average Bonchev–Trinajstić information content (AvgIpc) is 3.65. The third kappa shape index (κ3) is 3.79. The molecule has 1 N–H and O–H groups in total. The van der Waals surface area contributed by atoms with Gasteiger partial charge in [-0.15, -0.1) is 0 Å². The molecular weight excluding hydrogens is 521 g/mol. The largest absolute Gasteiger partial charge is 0.491 e. The van der Waals surface area contributed by atoms with Crippen LogP contribution in [0.15, 0.2) is 40.9 Å². The van der Waals surface area contributed by atoms with Gasteiger partial charge in [0.2, 0.25) is 5.91 Å². The number of hydrogen-bond acceptors (Lipinski definition) is 5. The molecule has 1 saturated heterocycles. The number of urea groups is 1. The molecule has 4 amide bonds. The molecule has 2 atom stereocenters. The number of imide groups is 1. The van der Waals surface area contributed by atoms with E-state index in [9.17, 15) is 18.8 Å². The number of hydrogen-bond donors (Lipinski definition) is 1. The van der Waals surface area contributed by atoms with E-state index in [1.165, 1.54) is 12.1 Å². The number of benzene rings is 2. The summed E-state index contributed by atoms with van der Waals surface area (Å²) >= 11 is 3.43. The molecule has 35 heavy (non-hydrogen) atoms. The number of carbonyl (C=O) groups excluding carboxylic acids is 3. The van der Waals surface area contributed by atoms with Gasteiger partial charge in [0.05, 0.1) is 19.3 Å². The monoisotopic (exact) mass is 543 g/mol. The second-order valence-corrected chi connectivity index (χ2v) is 10.4. The Hall–Kier alpha value is -2.98. The summed E-state index contributed by atoms with van der Waals surface area (Å²) in [4.78, 5) is 42.7. The van der Waals surface area contributed by atoms with Gasteiger partial charge in [0, 0.05) is 16.6 Å². The van der Waals surface area contributed by atoms with Crippen molar-refractivity contribution >= 4 is 33.8 Å². The van der Waals surface area contributed by atoms with Crippen LogP contribution < -0.4 is 10.1 Å². The van der Waals surface area contributed by atoms with Crippen molar-refractivity contribution in [2.45, 2.75) is 37.6 Å². The van der Waals surface area contributed by atoms with E-state index in [2.05, 4.69) is 21.2 Å². The Bertz CT molecular complexity index is 1250. The van der Waals surface area contributed by atoms with Crippen molar-refractivity contribution in [1.29, 1.82) is 0 Å². The molecule has 6 rings (SSSR count). The van der Waals surface area contributed by atoms with Crippen LogP contribution >= 0.6 is 15.9 Å². The number of nitrogens with zero attached hydrogens (tertiary/aromatic N) is 2. The Balaban J connectivity index is 1.28. The zero-order chi connectivity index (χ0) is 24.3. The van der Waals surface area contributed by atoms with Crippen molar-refractivity contribution in [3.8, 4) is 5.75 Å². The minimum atomic E-state index is -1.36. The lowest BCUT2D eigenvalue weighted by atomic mass is 9.85. The van der Waals surface area contributed by atoms with Crippen molar-refractivity contribution in [1.82, 2.24) is 15.1 Å². The number of amides is 4. The molecular formula is C25H23BrFN3O5. The number of carbonyl (C=O) groups is 3. The van der Waals surface area contributed by atoms with E-state index in [0.717, 1.165) is 27.8 Å². The van der Waals surface area contributed by atoms with E-state index >= 15 is 0 Å². The highest BCUT2D eigenvalue weighted by atomic mass is 79.9. The van der Waals surface area contributed by atoms with Gasteiger partial charge in [0.25, 0.3) is 5.91 Å². The first kappa shape index (κ1) is 22.5. The van der Waals surface area contributed by atoms with Gasteiger partial charge < -0.3 is 19.7 Å². The van der Waals surface area contributed by atoms with Gasteiger partial charge >= 0.3 is 6.03 Å². The zero-order valence-electron chi connectivity index (χ0n) is 18.8. The van der Waals surface area contributed by atoms with Gasteiger partial charge in [-0.25, -0.2) is 9.18 Å². The topological polar surface area (TPSA) is 88.2 Å². The number of nitrogens with one attached hydrogen (secondary N) is 1. The summed E-state index contributed by atoms with van der Waals surface area (Å²) in [6, 6.07) is 8.89. The Morgan fingerprint density at radius 1 is 1.17 bits per heavy atom. The molecule has 1 spiro atoms. The number of ether oxygens (including phenoxy) is 2. The minimum Gasteiger partial charge on any atom is -0.491 e. The molecule has 10 heteroatoms. The summed E-state index contributed by atoms with van der Waals surface area (Å²) in [5.74, 6) is -0.480. The van der Waals surface area contributed by atoms with E-state index in [0.29, 0.717) is 23.5 Å². The summed E-state index contributed by atoms with van der Waals surface area (Å²) in [6.45, 7) is 0.348. The molecule has 2 fully saturated rings. The fourth-order valence-corrected chi connectivity index (χ4v) is 5.70. The molecule has 0 bridgehead atoms. The van der Waals surface area contributed by atoms with Gasteiger partial charge in [0.1, 0.15) is 24.7 Å². The van der Waals surface area contributed by atoms with Crippen LogP contribution in [0.25, 0.3) is 0 Å². The molecule has 1 unspecified atom stereocenters. The van der Waals surface area contributed by atoms with Crippen molar-refractivity contribution < 1.29 is 28.2 Å². The SMILES string of the molecule is O=C1NC2(COCc3cc(Br)ccc32)C(=O)N1CC(=O)N1Cc2cc(F)ccc2OC[C@H]1C1CC1. The molecule has 3 heterocycles. The average molecular weight is 544 g/mol. The molecule has 2 aromatic carbocycles. The normalized spacial score (nSPS) is 25.6. The molecule has 3 aliphatic heterocycles. The second kappa shape index (κ2) is 8.30. The Morgan fingerprint density at radius 3 is 2.80 bits per heavy atom. The van der Waals surface area contributed by atoms with E-state index in [1.54, 1.807) is 17.0 Å². The van der Waals surface area contributed by atoms with Gasteiger partial charge in [-0.2, -0.15) is 0 Å². The Morgan fingerprint density at radius 2 is 2.00 bits per heavy atom. The fraction of sp³-hybridized carbons (Fsp3) is 0.400. The fourth-order valence-electron chi connectivity index (χ4n) is 5.29. The summed E-state index contributed by atoms with van der Waals surface area (Å²) in [5, 5.41) is 2.79. The van der Waals surface area contributed by atoms with Gasteiger partial charge in [0.15, 0.2) is 5.54 Å². The van der Waals surface area contributed by atoms with Crippen LogP contribution in [0, 0.1) is 11.7 Å². The van der Waals surface area contributed by atoms with Crippen LogP contribution in [-0.2, 0) is 33.0 Å². The first-order valence-corrected chi connectivity index (χ1v) is 12.4. The van der Waals surface area contributed by atoms with Crippen molar-refractivity contribution in [2.75, 3.05) is 19.8 Å². The maximum Gasteiger partial charge on any atom is 0.325 e. The van der Waals surface area contributed by atoms with E-state index in [4.69, 9.17) is 9.47 Å². The number of fused-ring (bicyclic) bond motifs is 3. The first-order chi connectivity index (χ1) is 16.9. The van der Waals surface area contributed by atoms with Crippen LogP contribution in [0.3, 0.4) is 0 Å². The van der Waals surface area contributed by atoms with Gasteiger partial charge in [-0.3, -0.25) is 14.5 Å². The third-order valence-corrected chi connectivity index (χ3v) is 7.73. The van der Waals surface area contributed by atoms with Crippen LogP contribution in [-0.4, -0.2) is 53.4 Å². The smallest absolute Gasteiger partial charge is 0.325 e. The predicted octanol–water partition coefficient (Wildman–Crippen LogP) is 3.07. The molecule has 0 radical (unpaired) electrons. The molecule has 4 aliphatic rings. The third-order valence-electron chi connectivity index (χ3n) is 7.23. The van der Waals surface area contributed by atoms with Crippen LogP contribution in [0.5, 0.6) is 5.75 Å². The quantitative estimate of drug-likeness (QED) is 0.601. The highest BCUT2D eigenvalue weighted by Crippen LogP contribution is 2.40. The van der Waals surface area contributed by atoms with Crippen LogP contribution in [0.2, 0.25) is 0 Å². The maximum atomic E-state index is 13.9. The standard InChI is InChI=1S/C25H23BrFN3O5/c26-17-3-5-19-16(7-17)11-34-13-25(19)23(32)30(24(33)28-25)10-22(31)29-9-15-8-18(27)4-6-21(15)35-12-20(29)14-1-2-14/h3-8,14,20H,1-2,9-13H2,(H,28,33)/t20-,25?/m0/s1. The van der Waals surface area contributed by atoms with Gasteiger partial charge in [-0.1, -0.05) is 22.0 Å². The number of rotatable bonds is 3. The first-order valence-electron chi connectivity index (χ1n) is 11.6. The molecule has 182 valence electrons. The lowest BCUT2D eigenvalue weighted by Crippen LogP contribution is -2.52. The molecule has 1 saturated carbocycles. The van der Waals surface area contributed by atoms with E-state index in [1.807, 2.05) is 12.1 Å². The highest BCUT2D eigenvalue weighted by Gasteiger charge is 2.55. The van der Waals surface area contributed by atoms with E-state index in [-0.39, 0.29) is 37.6 Å². The van der Waals surface area contributed by atoms with Gasteiger partial charge in [-0.05, 0) is 60.2 Å². The highest BCUT2D eigenvalue weighted by molar-refractivity contribution is 9.10.